The van der Waals surface area contributed by atoms with Crippen LogP contribution in [0.5, 0.6) is 5.75 Å². The first-order valence-electron chi connectivity index (χ1n) is 8.48. The van der Waals surface area contributed by atoms with Crippen molar-refractivity contribution in [2.24, 2.45) is 5.92 Å². The van der Waals surface area contributed by atoms with Gasteiger partial charge in [-0.25, -0.2) is 0 Å². The Labute approximate surface area is 138 Å². The summed E-state index contributed by atoms with van der Waals surface area (Å²) in [5, 5.41) is 12.8. The van der Waals surface area contributed by atoms with Crippen LogP contribution in [0.1, 0.15) is 32.6 Å². The van der Waals surface area contributed by atoms with Crippen LogP contribution in [0.3, 0.4) is 0 Å². The largest absolute Gasteiger partial charge is 0.492 e. The summed E-state index contributed by atoms with van der Waals surface area (Å²) in [6.07, 6.45) is 3.35. The first kappa shape index (κ1) is 17.8. The molecule has 5 heteroatoms. The van der Waals surface area contributed by atoms with E-state index in [4.69, 9.17) is 4.74 Å². The number of ether oxygens (including phenoxy) is 1. The van der Waals surface area contributed by atoms with Gasteiger partial charge in [0.1, 0.15) is 5.75 Å². The monoisotopic (exact) mass is 320 g/mol. The van der Waals surface area contributed by atoms with Gasteiger partial charge in [-0.3, -0.25) is 4.79 Å². The van der Waals surface area contributed by atoms with Crippen LogP contribution in [-0.4, -0.2) is 48.8 Å². The number of para-hydroxylation sites is 2. The highest BCUT2D eigenvalue weighted by Gasteiger charge is 2.26. The normalized spacial score (nSPS) is 20.7. The molecule has 0 bridgehead atoms. The van der Waals surface area contributed by atoms with Gasteiger partial charge in [-0.2, -0.15) is 0 Å². The Morgan fingerprint density at radius 1 is 1.39 bits per heavy atom. The molecule has 1 aromatic carbocycles. The minimum Gasteiger partial charge on any atom is -0.492 e. The fraction of sp³-hybridized carbons (Fsp3) is 0.611. The fourth-order valence-electron chi connectivity index (χ4n) is 3.08. The van der Waals surface area contributed by atoms with Crippen LogP contribution in [0, 0.1) is 5.92 Å². The van der Waals surface area contributed by atoms with E-state index in [2.05, 4.69) is 10.2 Å². The summed E-state index contributed by atoms with van der Waals surface area (Å²) in [6, 6.07) is 7.47. The number of rotatable bonds is 8. The highest BCUT2D eigenvalue weighted by atomic mass is 16.5. The highest BCUT2D eigenvalue weighted by Crippen LogP contribution is 2.26. The first-order chi connectivity index (χ1) is 11.1. The number of hydrogen-bond donors (Lipinski definition) is 2. The van der Waals surface area contributed by atoms with Gasteiger partial charge in [0.25, 0.3) is 0 Å². The van der Waals surface area contributed by atoms with Crippen LogP contribution in [0.2, 0.25) is 0 Å². The van der Waals surface area contributed by atoms with Crippen LogP contribution in [0.25, 0.3) is 0 Å². The number of hydrogen-bond acceptors (Lipinski definition) is 4. The Bertz CT molecular complexity index is 507. The second-order valence-corrected chi connectivity index (χ2v) is 6.25. The van der Waals surface area contributed by atoms with Crippen molar-refractivity contribution in [2.45, 2.75) is 38.7 Å². The van der Waals surface area contributed by atoms with Crippen molar-refractivity contribution in [1.29, 1.82) is 0 Å². The van der Waals surface area contributed by atoms with Gasteiger partial charge < -0.3 is 20.1 Å². The summed E-state index contributed by atoms with van der Waals surface area (Å²) in [6.45, 7) is 4.03. The smallest absolute Gasteiger partial charge is 0.225 e. The van der Waals surface area contributed by atoms with E-state index in [1.54, 1.807) is 0 Å². The number of nitrogens with one attached hydrogen (secondary N) is 1. The molecule has 0 spiro atoms. The number of carbonyl (C=O) groups excluding carboxylic acids is 1. The molecule has 0 aromatic heterocycles. The third-order valence-corrected chi connectivity index (χ3v) is 4.35. The Balaban J connectivity index is 1.76. The van der Waals surface area contributed by atoms with E-state index in [1.165, 1.54) is 0 Å². The summed E-state index contributed by atoms with van der Waals surface area (Å²) in [5.74, 6) is 1.03. The number of carbonyl (C=O) groups is 1. The van der Waals surface area contributed by atoms with Gasteiger partial charge >= 0.3 is 0 Å². The second-order valence-electron chi connectivity index (χ2n) is 6.25. The molecular weight excluding hydrogens is 292 g/mol. The summed E-state index contributed by atoms with van der Waals surface area (Å²) < 4.78 is 5.51. The Morgan fingerprint density at radius 2 is 2.17 bits per heavy atom. The molecular formula is C18H28N2O3. The maximum atomic E-state index is 12.1. The number of aliphatic hydroxyl groups excluding tert-OH is 1. The summed E-state index contributed by atoms with van der Waals surface area (Å²) >= 11 is 0. The first-order valence-corrected chi connectivity index (χ1v) is 8.48. The lowest BCUT2D eigenvalue weighted by atomic mass is 10.1. The van der Waals surface area contributed by atoms with Gasteiger partial charge in [-0.05, 0) is 44.9 Å². The van der Waals surface area contributed by atoms with Crippen LogP contribution < -0.4 is 10.1 Å². The number of benzene rings is 1. The lowest BCUT2D eigenvalue weighted by Gasteiger charge is -2.22. The van der Waals surface area contributed by atoms with Crippen LogP contribution >= 0.6 is 0 Å². The molecule has 5 nitrogen and oxygen atoms in total. The van der Waals surface area contributed by atoms with Crippen molar-refractivity contribution in [3.05, 3.63) is 24.3 Å². The molecule has 2 N–H and O–H groups in total. The molecule has 0 saturated heterocycles. The average Bonchev–Trinajstić information content (AvgIpc) is 2.93. The molecule has 1 aliphatic carbocycles. The van der Waals surface area contributed by atoms with Gasteiger partial charge in [-0.1, -0.05) is 18.6 Å². The lowest BCUT2D eigenvalue weighted by molar-refractivity contribution is -0.116. The van der Waals surface area contributed by atoms with Gasteiger partial charge in [-0.15, -0.1) is 0 Å². The quantitative estimate of drug-likeness (QED) is 0.772. The van der Waals surface area contributed by atoms with Crippen molar-refractivity contribution in [3.8, 4) is 5.75 Å². The number of nitrogens with zero attached hydrogens (tertiary/aromatic N) is 1. The molecule has 0 heterocycles. The molecule has 1 amide bonds. The topological polar surface area (TPSA) is 61.8 Å². The maximum absolute atomic E-state index is 12.1. The maximum Gasteiger partial charge on any atom is 0.225 e. The lowest BCUT2D eigenvalue weighted by Crippen LogP contribution is -2.32. The van der Waals surface area contributed by atoms with Gasteiger partial charge in [0.05, 0.1) is 18.4 Å². The Morgan fingerprint density at radius 3 is 2.87 bits per heavy atom. The average molecular weight is 320 g/mol. The van der Waals surface area contributed by atoms with E-state index < -0.39 is 0 Å². The second kappa shape index (κ2) is 8.89. The highest BCUT2D eigenvalue weighted by molar-refractivity contribution is 5.92. The molecule has 1 aliphatic rings. The molecule has 1 aromatic rings. The number of aliphatic hydroxyl groups is 1. The predicted molar refractivity (Wildman–Crippen MR) is 91.7 cm³/mol. The third-order valence-electron chi connectivity index (χ3n) is 4.35. The van der Waals surface area contributed by atoms with E-state index in [9.17, 15) is 9.90 Å². The zero-order valence-corrected chi connectivity index (χ0v) is 14.1. The zero-order chi connectivity index (χ0) is 16.7. The van der Waals surface area contributed by atoms with Crippen molar-refractivity contribution in [1.82, 2.24) is 4.90 Å². The standard InChI is InChI=1S/C18H28N2O3/c1-3-23-17-10-5-4-8-15(17)19-18(22)11-12-20(2)13-14-7-6-9-16(14)21/h4-5,8,10,14,16,21H,3,6-7,9,11-13H2,1-2H3,(H,19,22). The van der Waals surface area contributed by atoms with E-state index in [1.807, 2.05) is 38.2 Å². The van der Waals surface area contributed by atoms with Crippen LogP contribution in [0.15, 0.2) is 24.3 Å². The molecule has 2 rings (SSSR count). The number of amides is 1. The summed E-state index contributed by atoms with van der Waals surface area (Å²) in [4.78, 5) is 14.3. The van der Waals surface area contributed by atoms with Gasteiger partial charge in [0.15, 0.2) is 0 Å². The fourth-order valence-corrected chi connectivity index (χ4v) is 3.08. The van der Waals surface area contributed by atoms with Gasteiger partial charge in [0.2, 0.25) is 5.91 Å². The molecule has 1 saturated carbocycles. The molecule has 0 aliphatic heterocycles. The zero-order valence-electron chi connectivity index (χ0n) is 14.1. The molecule has 128 valence electrons. The van der Waals surface area contributed by atoms with Crippen molar-refractivity contribution in [2.75, 3.05) is 32.1 Å². The SMILES string of the molecule is CCOc1ccccc1NC(=O)CCN(C)CC1CCCC1O. The minimum absolute atomic E-state index is 0.0176. The van der Waals surface area contributed by atoms with Crippen molar-refractivity contribution < 1.29 is 14.6 Å². The van der Waals surface area contributed by atoms with Crippen molar-refractivity contribution >= 4 is 11.6 Å². The minimum atomic E-state index is -0.177. The summed E-state index contributed by atoms with van der Waals surface area (Å²) in [7, 11) is 2.01. The molecule has 2 atom stereocenters. The third kappa shape index (κ3) is 5.52. The Hall–Kier alpha value is -1.59. The molecule has 23 heavy (non-hydrogen) atoms. The Kier molecular flexibility index (Phi) is 6.86. The summed E-state index contributed by atoms with van der Waals surface area (Å²) in [5.41, 5.74) is 0.716. The van der Waals surface area contributed by atoms with E-state index in [-0.39, 0.29) is 12.0 Å². The van der Waals surface area contributed by atoms with E-state index in [0.29, 0.717) is 36.9 Å². The molecule has 2 unspecified atom stereocenters. The van der Waals surface area contributed by atoms with Crippen LogP contribution in [-0.2, 0) is 4.79 Å². The predicted octanol–water partition coefficient (Wildman–Crippen LogP) is 2.51. The van der Waals surface area contributed by atoms with Crippen LogP contribution in [0.4, 0.5) is 5.69 Å². The van der Waals surface area contributed by atoms with E-state index >= 15 is 0 Å². The molecule has 0 radical (unpaired) electrons. The molecule has 1 fully saturated rings. The number of anilines is 1. The van der Waals surface area contributed by atoms with E-state index in [0.717, 1.165) is 25.8 Å². The van der Waals surface area contributed by atoms with Crippen molar-refractivity contribution in [3.63, 3.8) is 0 Å². The van der Waals surface area contributed by atoms with Gasteiger partial charge in [0, 0.05) is 19.5 Å².